The van der Waals surface area contributed by atoms with E-state index in [1.165, 1.54) is 0 Å². The fraction of sp³-hybridized carbons (Fsp3) is 0.167. The van der Waals surface area contributed by atoms with Gasteiger partial charge in [-0.25, -0.2) is 22.2 Å². The first kappa shape index (κ1) is 11.9. The van der Waals surface area contributed by atoms with Crippen LogP contribution in [0.2, 0.25) is 0 Å². The quantitative estimate of drug-likeness (QED) is 0.773. The van der Waals surface area contributed by atoms with Gasteiger partial charge in [-0.2, -0.15) is 0 Å². The Hall–Kier alpha value is -1.15. The molecule has 15 heavy (non-hydrogen) atoms. The molecule has 0 saturated carbocycles. The molecular formula is C6H6ClF2N3O2S. The van der Waals surface area contributed by atoms with Crippen molar-refractivity contribution in [1.29, 1.82) is 0 Å². The van der Waals surface area contributed by atoms with E-state index in [1.807, 2.05) is 0 Å². The fourth-order valence-electron chi connectivity index (χ4n) is 0.909. The molecule has 0 aromatic carbocycles. The molecule has 0 bridgehead atoms. The average molecular weight is 258 g/mol. The molecular weight excluding hydrogens is 252 g/mol. The van der Waals surface area contributed by atoms with E-state index in [1.54, 1.807) is 0 Å². The van der Waals surface area contributed by atoms with Crippen LogP contribution in [0.25, 0.3) is 0 Å². The third-order valence-electron chi connectivity index (χ3n) is 1.57. The molecule has 0 spiro atoms. The minimum absolute atomic E-state index is 0.507. The van der Waals surface area contributed by atoms with Crippen LogP contribution in [0.3, 0.4) is 0 Å². The maximum atomic E-state index is 12.3. The second kappa shape index (κ2) is 3.78. The highest BCUT2D eigenvalue weighted by Crippen LogP contribution is 2.30. The zero-order valence-electron chi connectivity index (χ0n) is 7.12. The van der Waals surface area contributed by atoms with Gasteiger partial charge < -0.3 is 11.5 Å². The fourth-order valence-corrected chi connectivity index (χ4v) is 1.84. The van der Waals surface area contributed by atoms with Crippen molar-refractivity contribution in [3.63, 3.8) is 0 Å². The molecule has 5 nitrogen and oxygen atoms in total. The summed E-state index contributed by atoms with van der Waals surface area (Å²) in [5.74, 6) is -1.03. The Kier molecular flexibility index (Phi) is 3.00. The molecule has 0 aliphatic rings. The Bertz CT molecular complexity index is 491. The van der Waals surface area contributed by atoms with Crippen LogP contribution in [0.4, 0.5) is 20.4 Å². The number of rotatable bonds is 2. The van der Waals surface area contributed by atoms with Crippen LogP contribution in [0.1, 0.15) is 12.0 Å². The first-order valence-electron chi connectivity index (χ1n) is 3.52. The zero-order valence-corrected chi connectivity index (χ0v) is 8.69. The van der Waals surface area contributed by atoms with Crippen molar-refractivity contribution in [2.24, 2.45) is 0 Å². The second-order valence-corrected chi connectivity index (χ2v) is 5.12. The van der Waals surface area contributed by atoms with Gasteiger partial charge in [0, 0.05) is 10.7 Å². The number of nitrogens with zero attached hydrogens (tertiary/aromatic N) is 1. The van der Waals surface area contributed by atoms with Crippen LogP contribution in [0.5, 0.6) is 0 Å². The molecule has 84 valence electrons. The second-order valence-electron chi connectivity index (χ2n) is 2.58. The Labute approximate surface area is 88.5 Å². The van der Waals surface area contributed by atoms with E-state index in [4.69, 9.17) is 22.1 Å². The van der Waals surface area contributed by atoms with E-state index in [9.17, 15) is 17.2 Å². The van der Waals surface area contributed by atoms with Gasteiger partial charge in [0.2, 0.25) is 0 Å². The van der Waals surface area contributed by atoms with Crippen molar-refractivity contribution in [2.75, 3.05) is 11.5 Å². The summed E-state index contributed by atoms with van der Waals surface area (Å²) in [4.78, 5) is 2.60. The van der Waals surface area contributed by atoms with Crippen molar-refractivity contribution in [3.8, 4) is 0 Å². The third-order valence-corrected chi connectivity index (χ3v) is 2.92. The number of pyridine rings is 1. The number of aromatic nitrogens is 1. The summed E-state index contributed by atoms with van der Waals surface area (Å²) in [6.07, 6.45) is -2.95. The highest BCUT2D eigenvalue weighted by molar-refractivity contribution is 8.13. The van der Waals surface area contributed by atoms with Crippen LogP contribution >= 0.6 is 10.7 Å². The van der Waals surface area contributed by atoms with Gasteiger partial charge in [-0.05, 0) is 6.07 Å². The van der Waals surface area contributed by atoms with Crippen molar-refractivity contribution in [2.45, 2.75) is 11.3 Å². The molecule has 1 heterocycles. The monoisotopic (exact) mass is 257 g/mol. The van der Waals surface area contributed by atoms with Crippen LogP contribution in [-0.2, 0) is 9.05 Å². The molecule has 0 aliphatic heterocycles. The summed E-state index contributed by atoms with van der Waals surface area (Å²) in [6, 6.07) is 0.616. The molecule has 9 heteroatoms. The lowest BCUT2D eigenvalue weighted by atomic mass is 10.2. The maximum Gasteiger partial charge on any atom is 0.267 e. The first-order chi connectivity index (χ1) is 6.73. The topological polar surface area (TPSA) is 99.1 Å². The molecule has 0 saturated heterocycles. The minimum atomic E-state index is -4.21. The standard InChI is InChI=1S/C6H6ClF2N3O2S/c7-15(13,14)3-1-2(4(8)9)5(10)12-6(3)11/h1,4H,(H4,10,11,12). The molecule has 0 radical (unpaired) electrons. The lowest BCUT2D eigenvalue weighted by molar-refractivity contribution is 0.151. The van der Waals surface area contributed by atoms with Gasteiger partial charge in [-0.1, -0.05) is 0 Å². The average Bonchev–Trinajstić information content (AvgIpc) is 2.00. The number of nitrogen functional groups attached to an aromatic ring is 2. The Morgan fingerprint density at radius 3 is 2.27 bits per heavy atom. The minimum Gasteiger partial charge on any atom is -0.383 e. The maximum absolute atomic E-state index is 12.3. The van der Waals surface area contributed by atoms with E-state index in [0.29, 0.717) is 6.07 Å². The molecule has 0 unspecified atom stereocenters. The predicted octanol–water partition coefficient (Wildman–Crippen LogP) is 1.11. The highest BCUT2D eigenvalue weighted by atomic mass is 35.7. The number of hydrogen-bond acceptors (Lipinski definition) is 5. The normalized spacial score (nSPS) is 12.0. The van der Waals surface area contributed by atoms with Gasteiger partial charge in [0.1, 0.15) is 16.5 Å². The van der Waals surface area contributed by atoms with Gasteiger partial charge in [0.25, 0.3) is 15.5 Å². The van der Waals surface area contributed by atoms with E-state index in [0.717, 1.165) is 0 Å². The SMILES string of the molecule is Nc1nc(N)c(S(=O)(=O)Cl)cc1C(F)F. The molecule has 0 aliphatic carbocycles. The summed E-state index contributed by atoms with van der Waals surface area (Å²) in [5, 5.41) is 0. The Balaban J connectivity index is 3.50. The van der Waals surface area contributed by atoms with Gasteiger partial charge in [0.15, 0.2) is 0 Å². The largest absolute Gasteiger partial charge is 0.383 e. The summed E-state index contributed by atoms with van der Waals surface area (Å²) in [7, 11) is 0.749. The van der Waals surface area contributed by atoms with Crippen LogP contribution in [-0.4, -0.2) is 13.4 Å². The summed E-state index contributed by atoms with van der Waals surface area (Å²) in [6.45, 7) is 0. The first-order valence-corrected chi connectivity index (χ1v) is 5.83. The highest BCUT2D eigenvalue weighted by Gasteiger charge is 2.21. The number of nitrogens with two attached hydrogens (primary N) is 2. The van der Waals surface area contributed by atoms with Gasteiger partial charge in [-0.3, -0.25) is 0 Å². The van der Waals surface area contributed by atoms with Crippen molar-refractivity contribution >= 4 is 31.4 Å². The summed E-state index contributed by atoms with van der Waals surface area (Å²) in [5.41, 5.74) is 9.58. The molecule has 4 N–H and O–H groups in total. The van der Waals surface area contributed by atoms with Crippen LogP contribution in [0, 0.1) is 0 Å². The smallest absolute Gasteiger partial charge is 0.267 e. The lowest BCUT2D eigenvalue weighted by Gasteiger charge is -2.07. The number of alkyl halides is 2. The van der Waals surface area contributed by atoms with Gasteiger partial charge >= 0.3 is 0 Å². The van der Waals surface area contributed by atoms with Crippen molar-refractivity contribution in [3.05, 3.63) is 11.6 Å². The van der Waals surface area contributed by atoms with E-state index >= 15 is 0 Å². The van der Waals surface area contributed by atoms with Crippen LogP contribution in [0.15, 0.2) is 11.0 Å². The molecule has 0 fully saturated rings. The van der Waals surface area contributed by atoms with Gasteiger partial charge in [-0.15, -0.1) is 0 Å². The molecule has 1 aromatic rings. The number of anilines is 2. The molecule has 0 atom stereocenters. The van der Waals surface area contributed by atoms with E-state index in [-0.39, 0.29) is 0 Å². The van der Waals surface area contributed by atoms with E-state index < -0.39 is 37.6 Å². The number of hydrogen-bond donors (Lipinski definition) is 2. The van der Waals surface area contributed by atoms with Crippen molar-refractivity contribution in [1.82, 2.24) is 4.98 Å². The van der Waals surface area contributed by atoms with Crippen LogP contribution < -0.4 is 11.5 Å². The molecule has 1 aromatic heterocycles. The summed E-state index contributed by atoms with van der Waals surface area (Å²) < 4.78 is 46.5. The zero-order chi connectivity index (χ0) is 11.8. The Morgan fingerprint density at radius 1 is 1.33 bits per heavy atom. The lowest BCUT2D eigenvalue weighted by Crippen LogP contribution is -2.07. The molecule has 0 amide bonds. The third kappa shape index (κ3) is 2.45. The molecule has 1 rings (SSSR count). The Morgan fingerprint density at radius 2 is 1.87 bits per heavy atom. The van der Waals surface area contributed by atoms with Crippen molar-refractivity contribution < 1.29 is 17.2 Å². The predicted molar refractivity (Wildman–Crippen MR) is 51.1 cm³/mol. The van der Waals surface area contributed by atoms with Gasteiger partial charge in [0.05, 0.1) is 5.56 Å². The summed E-state index contributed by atoms with van der Waals surface area (Å²) >= 11 is 0. The van der Waals surface area contributed by atoms with E-state index in [2.05, 4.69) is 4.98 Å². The number of halogens is 3.